The minimum Gasteiger partial charge on any atom is -0.478 e. The van der Waals surface area contributed by atoms with Gasteiger partial charge in [0.2, 0.25) is 0 Å². The van der Waals surface area contributed by atoms with E-state index >= 15 is 0 Å². The lowest BCUT2D eigenvalue weighted by Crippen LogP contribution is -2.19. The third-order valence-electron chi connectivity index (χ3n) is 2.83. The molecule has 0 aliphatic carbocycles. The van der Waals surface area contributed by atoms with Gasteiger partial charge in [0.25, 0.3) is 5.91 Å². The van der Waals surface area contributed by atoms with Gasteiger partial charge in [-0.05, 0) is 24.3 Å². The van der Waals surface area contributed by atoms with Crippen molar-refractivity contribution < 1.29 is 27.9 Å². The van der Waals surface area contributed by atoms with E-state index in [1.165, 1.54) is 6.07 Å². The summed E-state index contributed by atoms with van der Waals surface area (Å²) < 4.78 is 38.9. The number of halogens is 4. The molecule has 0 aliphatic rings. The second-order valence-electron chi connectivity index (χ2n) is 4.37. The zero-order valence-electron chi connectivity index (χ0n) is 11.2. The first-order valence-electron chi connectivity index (χ1n) is 6.05. The Balaban J connectivity index is 2.41. The highest BCUT2D eigenvalue weighted by Gasteiger charge is 2.34. The number of amides is 1. The fourth-order valence-corrected chi connectivity index (χ4v) is 1.98. The molecule has 2 N–H and O–H groups in total. The van der Waals surface area contributed by atoms with Crippen molar-refractivity contribution in [3.05, 3.63) is 58.4 Å². The van der Waals surface area contributed by atoms with Gasteiger partial charge in [0.1, 0.15) is 0 Å². The van der Waals surface area contributed by atoms with Crippen molar-refractivity contribution >= 4 is 29.2 Å². The molecule has 0 radical (unpaired) electrons. The number of carbonyl (C=O) groups excluding carboxylic acids is 1. The number of pyridine rings is 1. The van der Waals surface area contributed by atoms with E-state index in [9.17, 15) is 22.8 Å². The SMILES string of the molecule is O=C(O)c1cnccc1C(=O)Nc1ccc(Cl)cc1C(F)(F)F. The van der Waals surface area contributed by atoms with Crippen LogP contribution in [0.1, 0.15) is 26.3 Å². The molecule has 0 saturated heterocycles. The van der Waals surface area contributed by atoms with Gasteiger partial charge in [-0.2, -0.15) is 13.2 Å². The maximum Gasteiger partial charge on any atom is 0.418 e. The predicted molar refractivity (Wildman–Crippen MR) is 75.6 cm³/mol. The number of hydrogen-bond acceptors (Lipinski definition) is 3. The van der Waals surface area contributed by atoms with Crippen molar-refractivity contribution in [3.63, 3.8) is 0 Å². The number of aromatic nitrogens is 1. The second-order valence-corrected chi connectivity index (χ2v) is 4.80. The number of anilines is 1. The number of carboxylic acids is 1. The molecule has 0 fully saturated rings. The Kier molecular flexibility index (Phi) is 4.55. The van der Waals surface area contributed by atoms with Gasteiger partial charge in [-0.25, -0.2) is 4.79 Å². The van der Waals surface area contributed by atoms with Crippen LogP contribution in [0.4, 0.5) is 18.9 Å². The van der Waals surface area contributed by atoms with Crippen LogP contribution in [-0.4, -0.2) is 22.0 Å². The summed E-state index contributed by atoms with van der Waals surface area (Å²) in [6.45, 7) is 0. The molecule has 0 saturated carbocycles. The summed E-state index contributed by atoms with van der Waals surface area (Å²) in [6.07, 6.45) is -2.64. The summed E-state index contributed by atoms with van der Waals surface area (Å²) in [5.41, 5.74) is -2.40. The lowest BCUT2D eigenvalue weighted by molar-refractivity contribution is -0.136. The molecule has 1 aromatic heterocycles. The number of carbonyl (C=O) groups is 2. The lowest BCUT2D eigenvalue weighted by Gasteiger charge is -2.14. The van der Waals surface area contributed by atoms with Crippen LogP contribution in [0.15, 0.2) is 36.7 Å². The quantitative estimate of drug-likeness (QED) is 0.889. The van der Waals surface area contributed by atoms with E-state index in [1.807, 2.05) is 5.32 Å². The summed E-state index contributed by atoms with van der Waals surface area (Å²) in [5.74, 6) is -2.42. The molecule has 0 atom stereocenters. The van der Waals surface area contributed by atoms with E-state index in [-0.39, 0.29) is 10.6 Å². The van der Waals surface area contributed by atoms with Gasteiger partial charge in [0, 0.05) is 17.4 Å². The Labute approximate surface area is 132 Å². The Morgan fingerprint density at radius 2 is 1.87 bits per heavy atom. The molecule has 1 aromatic carbocycles. The van der Waals surface area contributed by atoms with Crippen LogP contribution >= 0.6 is 11.6 Å². The first-order chi connectivity index (χ1) is 10.7. The molecule has 23 heavy (non-hydrogen) atoms. The number of aromatic carboxylic acids is 1. The Morgan fingerprint density at radius 3 is 2.48 bits per heavy atom. The van der Waals surface area contributed by atoms with Crippen LogP contribution in [0, 0.1) is 0 Å². The van der Waals surface area contributed by atoms with Crippen LogP contribution < -0.4 is 5.32 Å². The van der Waals surface area contributed by atoms with Gasteiger partial charge in [0.05, 0.1) is 22.4 Å². The lowest BCUT2D eigenvalue weighted by atomic mass is 10.1. The molecule has 2 rings (SSSR count). The maximum atomic E-state index is 13.0. The Morgan fingerprint density at radius 1 is 1.17 bits per heavy atom. The van der Waals surface area contributed by atoms with Crippen LogP contribution in [0.3, 0.4) is 0 Å². The van der Waals surface area contributed by atoms with E-state index in [4.69, 9.17) is 16.7 Å². The standard InChI is InChI=1S/C14H8ClF3N2O3/c15-7-1-2-11(10(5-7)14(16,17)18)20-12(21)8-3-4-19-6-9(8)13(22)23/h1-6H,(H,20,21)(H,22,23). The topological polar surface area (TPSA) is 79.3 Å². The third-order valence-corrected chi connectivity index (χ3v) is 3.07. The number of carboxylic acid groups (broad SMARTS) is 1. The van der Waals surface area contributed by atoms with Gasteiger partial charge in [-0.3, -0.25) is 9.78 Å². The number of hydrogen-bond donors (Lipinski definition) is 2. The largest absolute Gasteiger partial charge is 0.478 e. The van der Waals surface area contributed by atoms with Gasteiger partial charge < -0.3 is 10.4 Å². The minimum atomic E-state index is -4.73. The third kappa shape index (κ3) is 3.78. The number of alkyl halides is 3. The highest BCUT2D eigenvalue weighted by molar-refractivity contribution is 6.30. The molecular weight excluding hydrogens is 337 g/mol. The number of nitrogens with one attached hydrogen (secondary N) is 1. The van der Waals surface area contributed by atoms with E-state index in [1.54, 1.807) is 0 Å². The minimum absolute atomic E-state index is 0.148. The molecule has 0 unspecified atom stereocenters. The molecule has 1 amide bonds. The maximum absolute atomic E-state index is 13.0. The first kappa shape index (κ1) is 16.8. The highest BCUT2D eigenvalue weighted by atomic mass is 35.5. The molecule has 1 heterocycles. The smallest absolute Gasteiger partial charge is 0.418 e. The van der Waals surface area contributed by atoms with Gasteiger partial charge >= 0.3 is 12.1 Å². The average Bonchev–Trinajstić information content (AvgIpc) is 2.48. The Bertz CT molecular complexity index is 778. The zero-order valence-corrected chi connectivity index (χ0v) is 11.9. The number of nitrogens with zero attached hydrogens (tertiary/aromatic N) is 1. The normalized spacial score (nSPS) is 11.1. The fourth-order valence-electron chi connectivity index (χ4n) is 1.81. The van der Waals surface area contributed by atoms with Crippen molar-refractivity contribution in [2.75, 3.05) is 5.32 Å². The van der Waals surface area contributed by atoms with Gasteiger partial charge in [0.15, 0.2) is 0 Å². The van der Waals surface area contributed by atoms with Gasteiger partial charge in [-0.15, -0.1) is 0 Å². The second kappa shape index (κ2) is 6.25. The molecule has 2 aromatic rings. The summed E-state index contributed by atoms with van der Waals surface area (Å²) in [6, 6.07) is 3.94. The average molecular weight is 345 g/mol. The van der Waals surface area contributed by atoms with E-state index < -0.39 is 34.9 Å². The molecular formula is C14H8ClF3N2O3. The molecule has 0 aliphatic heterocycles. The summed E-state index contributed by atoms with van der Waals surface area (Å²) in [5, 5.41) is 10.9. The van der Waals surface area contributed by atoms with Crippen molar-refractivity contribution in [1.29, 1.82) is 0 Å². The molecule has 120 valence electrons. The summed E-state index contributed by atoms with van der Waals surface area (Å²) in [4.78, 5) is 26.7. The van der Waals surface area contributed by atoms with Crippen molar-refractivity contribution in [2.24, 2.45) is 0 Å². The van der Waals surface area contributed by atoms with Crippen molar-refractivity contribution in [3.8, 4) is 0 Å². The number of benzene rings is 1. The van der Waals surface area contributed by atoms with Crippen molar-refractivity contribution in [2.45, 2.75) is 6.18 Å². The summed E-state index contributed by atoms with van der Waals surface area (Å²) >= 11 is 5.54. The molecule has 0 spiro atoms. The Hall–Kier alpha value is -2.61. The van der Waals surface area contributed by atoms with Crippen LogP contribution in [-0.2, 0) is 6.18 Å². The molecule has 9 heteroatoms. The number of rotatable bonds is 3. The summed E-state index contributed by atoms with van der Waals surface area (Å²) in [7, 11) is 0. The van der Waals surface area contributed by atoms with Crippen LogP contribution in [0.25, 0.3) is 0 Å². The zero-order chi connectivity index (χ0) is 17.2. The van der Waals surface area contributed by atoms with E-state index in [2.05, 4.69) is 4.98 Å². The highest BCUT2D eigenvalue weighted by Crippen LogP contribution is 2.36. The van der Waals surface area contributed by atoms with Gasteiger partial charge in [-0.1, -0.05) is 11.6 Å². The first-order valence-corrected chi connectivity index (χ1v) is 6.43. The molecule has 5 nitrogen and oxygen atoms in total. The fraction of sp³-hybridized carbons (Fsp3) is 0.0714. The van der Waals surface area contributed by atoms with E-state index in [0.29, 0.717) is 6.07 Å². The molecule has 0 bridgehead atoms. The van der Waals surface area contributed by atoms with Crippen LogP contribution in [0.2, 0.25) is 5.02 Å². The predicted octanol–water partition coefficient (Wildman–Crippen LogP) is 3.70. The van der Waals surface area contributed by atoms with Crippen molar-refractivity contribution in [1.82, 2.24) is 4.98 Å². The monoisotopic (exact) mass is 344 g/mol. The van der Waals surface area contributed by atoms with Crippen LogP contribution in [0.5, 0.6) is 0 Å². The van der Waals surface area contributed by atoms with E-state index in [0.717, 1.165) is 24.5 Å².